The van der Waals surface area contributed by atoms with E-state index in [1.807, 2.05) is 0 Å². The molecule has 116 valence electrons. The fourth-order valence-electron chi connectivity index (χ4n) is 2.14. The van der Waals surface area contributed by atoms with Gasteiger partial charge in [0, 0.05) is 25.6 Å². The molecule has 1 saturated heterocycles. The van der Waals surface area contributed by atoms with Crippen LogP contribution in [-0.4, -0.2) is 50.0 Å². The first-order valence-electron chi connectivity index (χ1n) is 6.62. The third-order valence-electron chi connectivity index (χ3n) is 3.36. The van der Waals surface area contributed by atoms with Crippen LogP contribution < -0.4 is 10.5 Å². The molecule has 1 aliphatic rings. The predicted octanol–water partition coefficient (Wildman–Crippen LogP) is -0.0178. The normalized spacial score (nSPS) is 16.5. The van der Waals surface area contributed by atoms with Crippen molar-refractivity contribution >= 4 is 15.9 Å². The van der Waals surface area contributed by atoms with Gasteiger partial charge in [-0.1, -0.05) is 0 Å². The third kappa shape index (κ3) is 3.02. The average molecular weight is 313 g/mol. The van der Waals surface area contributed by atoms with Gasteiger partial charge in [-0.3, -0.25) is 5.41 Å². The van der Waals surface area contributed by atoms with Crippen molar-refractivity contribution in [3.05, 3.63) is 23.8 Å². The quantitative estimate of drug-likeness (QED) is 0.504. The highest BCUT2D eigenvalue weighted by atomic mass is 32.2. The van der Waals surface area contributed by atoms with Crippen molar-refractivity contribution in [3.8, 4) is 5.75 Å². The molecular weight excluding hydrogens is 294 g/mol. The van der Waals surface area contributed by atoms with Gasteiger partial charge in [-0.15, -0.1) is 0 Å². The maximum atomic E-state index is 12.4. The number of rotatable bonds is 6. The van der Waals surface area contributed by atoms with E-state index in [2.05, 4.69) is 0 Å². The topological polar surface area (TPSA) is 117 Å². The summed E-state index contributed by atoms with van der Waals surface area (Å²) in [7, 11) is -3.62. The van der Waals surface area contributed by atoms with Crippen LogP contribution in [0.5, 0.6) is 5.75 Å². The Morgan fingerprint density at radius 3 is 2.71 bits per heavy atom. The van der Waals surface area contributed by atoms with Gasteiger partial charge in [-0.2, -0.15) is 4.31 Å². The van der Waals surface area contributed by atoms with Crippen molar-refractivity contribution in [1.82, 2.24) is 4.31 Å². The Bertz CT molecular complexity index is 639. The van der Waals surface area contributed by atoms with Crippen LogP contribution in [0.4, 0.5) is 0 Å². The van der Waals surface area contributed by atoms with Crippen LogP contribution in [0, 0.1) is 11.3 Å². The lowest BCUT2D eigenvalue weighted by atomic mass is 10.1. The maximum absolute atomic E-state index is 12.4. The van der Waals surface area contributed by atoms with Crippen LogP contribution in [0.3, 0.4) is 0 Å². The molecule has 8 heteroatoms. The predicted molar refractivity (Wildman–Crippen MR) is 78.0 cm³/mol. The van der Waals surface area contributed by atoms with Crippen molar-refractivity contribution in [2.24, 2.45) is 11.7 Å². The molecule has 1 aliphatic heterocycles. The highest BCUT2D eigenvalue weighted by molar-refractivity contribution is 7.89. The van der Waals surface area contributed by atoms with Crippen molar-refractivity contribution in [1.29, 1.82) is 5.41 Å². The highest BCUT2D eigenvalue weighted by Gasteiger charge is 2.36. The molecule has 2 rings (SSSR count). The molecule has 0 atom stereocenters. The van der Waals surface area contributed by atoms with Crippen molar-refractivity contribution in [2.45, 2.75) is 11.8 Å². The van der Waals surface area contributed by atoms with E-state index in [0.29, 0.717) is 25.4 Å². The molecule has 1 aromatic rings. The van der Waals surface area contributed by atoms with E-state index in [1.165, 1.54) is 22.5 Å². The minimum absolute atomic E-state index is 0.00486. The molecule has 1 fully saturated rings. The van der Waals surface area contributed by atoms with Gasteiger partial charge in [-0.05, 0) is 25.1 Å². The molecule has 1 heterocycles. The molecule has 21 heavy (non-hydrogen) atoms. The number of ether oxygens (including phenoxy) is 1. The molecule has 0 aromatic heterocycles. The summed E-state index contributed by atoms with van der Waals surface area (Å²) in [6.07, 6.45) is 0. The zero-order valence-corrected chi connectivity index (χ0v) is 12.6. The van der Waals surface area contributed by atoms with Crippen molar-refractivity contribution in [3.63, 3.8) is 0 Å². The Morgan fingerprint density at radius 2 is 2.19 bits per heavy atom. The minimum atomic E-state index is -3.62. The van der Waals surface area contributed by atoms with Crippen molar-refractivity contribution < 1.29 is 18.3 Å². The number of nitrogens with zero attached hydrogens (tertiary/aromatic N) is 1. The van der Waals surface area contributed by atoms with Gasteiger partial charge in [0.05, 0.1) is 17.1 Å². The molecule has 0 saturated carbocycles. The number of aliphatic hydroxyl groups is 1. The molecule has 7 nitrogen and oxygen atoms in total. The zero-order chi connectivity index (χ0) is 15.6. The fourth-order valence-corrected chi connectivity index (χ4v) is 3.76. The van der Waals surface area contributed by atoms with Crippen LogP contribution in [0.1, 0.15) is 12.5 Å². The highest BCUT2D eigenvalue weighted by Crippen LogP contribution is 2.28. The van der Waals surface area contributed by atoms with Crippen LogP contribution in [0.25, 0.3) is 0 Å². The second-order valence-corrected chi connectivity index (χ2v) is 6.81. The summed E-state index contributed by atoms with van der Waals surface area (Å²) in [5.41, 5.74) is 5.75. The minimum Gasteiger partial charge on any atom is -0.493 e. The molecule has 0 aliphatic carbocycles. The molecule has 0 amide bonds. The van der Waals surface area contributed by atoms with E-state index in [9.17, 15) is 8.42 Å². The maximum Gasteiger partial charge on any atom is 0.243 e. The third-order valence-corrected chi connectivity index (χ3v) is 5.19. The smallest absolute Gasteiger partial charge is 0.243 e. The second-order valence-electron chi connectivity index (χ2n) is 4.88. The monoisotopic (exact) mass is 313 g/mol. The summed E-state index contributed by atoms with van der Waals surface area (Å²) in [5, 5.41) is 16.5. The number of hydrogen-bond acceptors (Lipinski definition) is 5. The lowest BCUT2D eigenvalue weighted by Crippen LogP contribution is -2.51. The van der Waals surface area contributed by atoms with Crippen LogP contribution >= 0.6 is 0 Å². The Labute approximate surface area is 123 Å². The molecule has 1 aromatic carbocycles. The largest absolute Gasteiger partial charge is 0.493 e. The van der Waals surface area contributed by atoms with Gasteiger partial charge in [0.1, 0.15) is 11.6 Å². The van der Waals surface area contributed by atoms with Gasteiger partial charge >= 0.3 is 0 Å². The Balaban J connectivity index is 2.32. The molecular formula is C13H19N3O4S. The number of aliphatic hydroxyl groups excluding tert-OH is 1. The summed E-state index contributed by atoms with van der Waals surface area (Å²) >= 11 is 0. The number of benzene rings is 1. The van der Waals surface area contributed by atoms with Gasteiger partial charge in [0.15, 0.2) is 0 Å². The van der Waals surface area contributed by atoms with E-state index < -0.39 is 10.0 Å². The van der Waals surface area contributed by atoms with E-state index in [1.54, 1.807) is 6.92 Å². The van der Waals surface area contributed by atoms with Crippen LogP contribution in [-0.2, 0) is 10.0 Å². The summed E-state index contributed by atoms with van der Waals surface area (Å²) in [6.45, 7) is 2.79. The molecule has 4 N–H and O–H groups in total. The molecule has 0 bridgehead atoms. The average Bonchev–Trinajstić information content (AvgIpc) is 2.37. The lowest BCUT2D eigenvalue weighted by molar-refractivity contribution is 0.117. The van der Waals surface area contributed by atoms with Crippen LogP contribution in [0.2, 0.25) is 0 Å². The summed E-state index contributed by atoms with van der Waals surface area (Å²) in [5.74, 6) is 0.142. The number of nitrogens with two attached hydrogens (primary N) is 1. The molecule has 0 radical (unpaired) electrons. The summed E-state index contributed by atoms with van der Waals surface area (Å²) < 4.78 is 31.5. The number of hydrogen-bond donors (Lipinski definition) is 3. The number of sulfonamides is 1. The van der Waals surface area contributed by atoms with Gasteiger partial charge in [0.25, 0.3) is 0 Å². The van der Waals surface area contributed by atoms with Crippen LogP contribution in [0.15, 0.2) is 23.1 Å². The lowest BCUT2D eigenvalue weighted by Gasteiger charge is -2.37. The first kappa shape index (κ1) is 15.7. The van der Waals surface area contributed by atoms with Gasteiger partial charge in [-0.25, -0.2) is 8.42 Å². The first-order chi connectivity index (χ1) is 9.90. The number of nitrogen functional groups attached to an aromatic ring is 1. The first-order valence-corrected chi connectivity index (χ1v) is 8.06. The van der Waals surface area contributed by atoms with E-state index in [4.69, 9.17) is 21.0 Å². The Kier molecular flexibility index (Phi) is 4.50. The summed E-state index contributed by atoms with van der Waals surface area (Å²) in [6, 6.07) is 4.31. The van der Waals surface area contributed by atoms with Gasteiger partial charge in [0.2, 0.25) is 10.0 Å². The van der Waals surface area contributed by atoms with E-state index in [0.717, 1.165) is 0 Å². The van der Waals surface area contributed by atoms with E-state index in [-0.39, 0.29) is 28.8 Å². The fraction of sp³-hybridized carbons (Fsp3) is 0.462. The zero-order valence-electron chi connectivity index (χ0n) is 11.7. The van der Waals surface area contributed by atoms with E-state index >= 15 is 0 Å². The molecule has 0 unspecified atom stereocenters. The Morgan fingerprint density at radius 1 is 1.52 bits per heavy atom. The molecule has 0 spiro atoms. The second kappa shape index (κ2) is 6.00. The standard InChI is InChI=1S/C13H19N3O4S/c1-2-20-12-4-3-10(5-11(12)13(14)15)21(18,19)16-6-9(7-16)8-17/h3-5,9,17H,2,6-8H2,1H3,(H3,14,15). The Hall–Kier alpha value is -1.64. The van der Waals surface area contributed by atoms with Crippen molar-refractivity contribution in [2.75, 3.05) is 26.3 Å². The summed E-state index contributed by atoms with van der Waals surface area (Å²) in [4.78, 5) is 0.0764. The number of amidine groups is 1. The SMILES string of the molecule is CCOc1ccc(S(=O)(=O)N2CC(CO)C2)cc1C(=N)N. The van der Waals surface area contributed by atoms with Gasteiger partial charge < -0.3 is 15.6 Å². The number of nitrogens with one attached hydrogen (secondary N) is 1.